The SMILES string of the molecule is O=C(NC1CC2CCC1O2)c1cc2ccccc2cc1O. The van der Waals surface area contributed by atoms with Gasteiger partial charge in [-0.15, -0.1) is 0 Å². The third-order valence-electron chi connectivity index (χ3n) is 4.53. The fraction of sp³-hybridized carbons (Fsp3) is 0.353. The van der Waals surface area contributed by atoms with Gasteiger partial charge < -0.3 is 15.2 Å². The first kappa shape index (κ1) is 12.7. The Balaban J connectivity index is 1.60. The summed E-state index contributed by atoms with van der Waals surface area (Å²) in [5.41, 5.74) is 0.330. The van der Waals surface area contributed by atoms with Crippen LogP contribution in [-0.4, -0.2) is 29.3 Å². The lowest BCUT2D eigenvalue weighted by Crippen LogP contribution is -2.41. The number of carbonyl (C=O) groups is 1. The topological polar surface area (TPSA) is 58.6 Å². The maximum absolute atomic E-state index is 12.4. The number of fused-ring (bicyclic) bond motifs is 3. The molecule has 2 aromatic carbocycles. The summed E-state index contributed by atoms with van der Waals surface area (Å²) in [4.78, 5) is 12.4. The first-order valence-electron chi connectivity index (χ1n) is 7.39. The van der Waals surface area contributed by atoms with Crippen molar-refractivity contribution in [1.82, 2.24) is 5.32 Å². The van der Waals surface area contributed by atoms with E-state index in [2.05, 4.69) is 5.32 Å². The van der Waals surface area contributed by atoms with Gasteiger partial charge >= 0.3 is 0 Å². The van der Waals surface area contributed by atoms with Crippen molar-refractivity contribution in [3.05, 3.63) is 42.0 Å². The van der Waals surface area contributed by atoms with Gasteiger partial charge in [0, 0.05) is 0 Å². The van der Waals surface area contributed by atoms with Gasteiger partial charge in [-0.2, -0.15) is 0 Å². The van der Waals surface area contributed by atoms with Crippen LogP contribution in [0.4, 0.5) is 0 Å². The third-order valence-corrected chi connectivity index (χ3v) is 4.53. The van der Waals surface area contributed by atoms with Crippen LogP contribution in [-0.2, 0) is 4.74 Å². The van der Waals surface area contributed by atoms with Crippen molar-refractivity contribution in [3.63, 3.8) is 0 Å². The smallest absolute Gasteiger partial charge is 0.255 e. The Morgan fingerprint density at radius 3 is 2.62 bits per heavy atom. The predicted molar refractivity (Wildman–Crippen MR) is 79.4 cm³/mol. The molecule has 21 heavy (non-hydrogen) atoms. The van der Waals surface area contributed by atoms with E-state index in [0.29, 0.717) is 11.7 Å². The van der Waals surface area contributed by atoms with Gasteiger partial charge in [0.1, 0.15) is 5.75 Å². The molecule has 2 saturated heterocycles. The van der Waals surface area contributed by atoms with Crippen LogP contribution in [0.25, 0.3) is 10.8 Å². The van der Waals surface area contributed by atoms with Crippen LogP contribution in [0.5, 0.6) is 5.75 Å². The zero-order chi connectivity index (χ0) is 14.4. The number of benzene rings is 2. The zero-order valence-corrected chi connectivity index (χ0v) is 11.6. The van der Waals surface area contributed by atoms with Gasteiger partial charge in [-0.1, -0.05) is 24.3 Å². The lowest BCUT2D eigenvalue weighted by molar-refractivity contribution is 0.0839. The minimum absolute atomic E-state index is 0.0234. The van der Waals surface area contributed by atoms with Gasteiger partial charge in [0.15, 0.2) is 0 Å². The number of amides is 1. The number of nitrogens with one attached hydrogen (secondary N) is 1. The average Bonchev–Trinajstić information content (AvgIpc) is 3.09. The van der Waals surface area contributed by atoms with Gasteiger partial charge in [0.05, 0.1) is 23.8 Å². The number of phenolic OH excluding ortho intramolecular Hbond substituents is 1. The minimum atomic E-state index is -0.223. The van der Waals surface area contributed by atoms with Crippen molar-refractivity contribution < 1.29 is 14.6 Å². The normalized spacial score (nSPS) is 27.1. The second kappa shape index (κ2) is 4.74. The molecule has 3 atom stereocenters. The van der Waals surface area contributed by atoms with Crippen LogP contribution in [0.1, 0.15) is 29.6 Å². The number of ether oxygens (including phenoxy) is 1. The van der Waals surface area contributed by atoms with E-state index < -0.39 is 0 Å². The van der Waals surface area contributed by atoms with Crippen molar-refractivity contribution in [1.29, 1.82) is 0 Å². The number of hydrogen-bond donors (Lipinski definition) is 2. The first-order valence-corrected chi connectivity index (χ1v) is 7.39. The first-order chi connectivity index (χ1) is 10.2. The summed E-state index contributed by atoms with van der Waals surface area (Å²) in [7, 11) is 0. The van der Waals surface area contributed by atoms with Crippen LogP contribution < -0.4 is 5.32 Å². The highest BCUT2D eigenvalue weighted by atomic mass is 16.5. The Labute approximate surface area is 122 Å². The number of aromatic hydroxyl groups is 1. The summed E-state index contributed by atoms with van der Waals surface area (Å²) < 4.78 is 5.74. The molecule has 1 amide bonds. The van der Waals surface area contributed by atoms with E-state index in [-0.39, 0.29) is 23.8 Å². The molecule has 2 N–H and O–H groups in total. The van der Waals surface area contributed by atoms with E-state index in [9.17, 15) is 9.90 Å². The molecule has 0 radical (unpaired) electrons. The monoisotopic (exact) mass is 283 g/mol. The molecule has 108 valence electrons. The largest absolute Gasteiger partial charge is 0.507 e. The molecular weight excluding hydrogens is 266 g/mol. The van der Waals surface area contributed by atoms with E-state index in [1.807, 2.05) is 24.3 Å². The van der Waals surface area contributed by atoms with Crippen molar-refractivity contribution in [2.75, 3.05) is 0 Å². The highest BCUT2D eigenvalue weighted by Gasteiger charge is 2.41. The Morgan fingerprint density at radius 1 is 1.19 bits per heavy atom. The second-order valence-corrected chi connectivity index (χ2v) is 5.91. The van der Waals surface area contributed by atoms with Crippen molar-refractivity contribution in [2.45, 2.75) is 37.5 Å². The van der Waals surface area contributed by atoms with Crippen LogP contribution in [0.15, 0.2) is 36.4 Å². The third kappa shape index (κ3) is 2.16. The maximum Gasteiger partial charge on any atom is 0.255 e. The summed E-state index contributed by atoms with van der Waals surface area (Å²) in [5.74, 6) is -0.199. The Hall–Kier alpha value is -2.07. The maximum atomic E-state index is 12.4. The Morgan fingerprint density at radius 2 is 1.95 bits per heavy atom. The van der Waals surface area contributed by atoms with E-state index >= 15 is 0 Å². The fourth-order valence-corrected chi connectivity index (χ4v) is 3.45. The molecule has 0 saturated carbocycles. The highest BCUT2D eigenvalue weighted by molar-refractivity contribution is 6.01. The van der Waals surface area contributed by atoms with Crippen LogP contribution >= 0.6 is 0 Å². The van der Waals surface area contributed by atoms with E-state index in [4.69, 9.17) is 4.74 Å². The molecule has 4 rings (SSSR count). The van der Waals surface area contributed by atoms with Crippen LogP contribution in [0.3, 0.4) is 0 Å². The van der Waals surface area contributed by atoms with Gasteiger partial charge in [-0.05, 0) is 42.2 Å². The van der Waals surface area contributed by atoms with Crippen LogP contribution in [0.2, 0.25) is 0 Å². The summed E-state index contributed by atoms with van der Waals surface area (Å²) in [6.45, 7) is 0. The lowest BCUT2D eigenvalue weighted by atomic mass is 9.95. The van der Waals surface area contributed by atoms with Crippen molar-refractivity contribution in [2.24, 2.45) is 0 Å². The predicted octanol–water partition coefficient (Wildman–Crippen LogP) is 2.60. The van der Waals surface area contributed by atoms with Gasteiger partial charge in [-0.3, -0.25) is 4.79 Å². The summed E-state index contributed by atoms with van der Waals surface area (Å²) in [6, 6.07) is 11.1. The number of rotatable bonds is 2. The van der Waals surface area contributed by atoms with Crippen molar-refractivity contribution in [3.8, 4) is 5.75 Å². The summed E-state index contributed by atoms with van der Waals surface area (Å²) in [6.07, 6.45) is 3.43. The zero-order valence-electron chi connectivity index (χ0n) is 11.6. The van der Waals surface area contributed by atoms with Gasteiger partial charge in [-0.25, -0.2) is 0 Å². The molecular formula is C17H17NO3. The van der Waals surface area contributed by atoms with Gasteiger partial charge in [0.2, 0.25) is 0 Å². The molecule has 4 heteroatoms. The number of hydrogen-bond acceptors (Lipinski definition) is 3. The molecule has 3 unspecified atom stereocenters. The molecule has 2 heterocycles. The lowest BCUT2D eigenvalue weighted by Gasteiger charge is -2.20. The van der Waals surface area contributed by atoms with Crippen molar-refractivity contribution >= 4 is 16.7 Å². The molecule has 2 aliphatic rings. The molecule has 2 aliphatic heterocycles. The number of carbonyl (C=O) groups excluding carboxylic acids is 1. The Kier molecular flexibility index (Phi) is 2.86. The van der Waals surface area contributed by atoms with Crippen LogP contribution in [0, 0.1) is 0 Å². The molecule has 0 aromatic heterocycles. The molecule has 2 bridgehead atoms. The molecule has 0 aliphatic carbocycles. The van der Waals surface area contributed by atoms with Gasteiger partial charge in [0.25, 0.3) is 5.91 Å². The van der Waals surface area contributed by atoms with E-state index in [1.54, 1.807) is 12.1 Å². The molecule has 4 nitrogen and oxygen atoms in total. The minimum Gasteiger partial charge on any atom is -0.507 e. The summed E-state index contributed by atoms with van der Waals surface area (Å²) >= 11 is 0. The highest BCUT2D eigenvalue weighted by Crippen LogP contribution is 2.34. The van der Waals surface area contributed by atoms with E-state index in [1.165, 1.54) is 0 Å². The molecule has 0 spiro atoms. The standard InChI is InChI=1S/C17H17NO3/c19-15-8-11-4-2-1-3-10(11)7-13(15)17(20)18-14-9-12-5-6-16(14)21-12/h1-4,7-8,12,14,16,19H,5-6,9H2,(H,18,20). The average molecular weight is 283 g/mol. The second-order valence-electron chi connectivity index (χ2n) is 5.91. The fourth-order valence-electron chi connectivity index (χ4n) is 3.45. The summed E-state index contributed by atoms with van der Waals surface area (Å²) in [5, 5.41) is 15.0. The molecule has 2 fully saturated rings. The van der Waals surface area contributed by atoms with E-state index in [0.717, 1.165) is 30.0 Å². The number of phenols is 1. The quantitative estimate of drug-likeness (QED) is 0.890. The molecule has 2 aromatic rings. The Bertz CT molecular complexity index is 712.